The number of aromatic hydroxyl groups is 1. The normalized spacial score (nSPS) is 12.0. The van der Waals surface area contributed by atoms with Crippen LogP contribution in [-0.2, 0) is 0 Å². The van der Waals surface area contributed by atoms with Gasteiger partial charge < -0.3 is 16.6 Å². The fourth-order valence-corrected chi connectivity index (χ4v) is 1.47. The van der Waals surface area contributed by atoms with Crippen LogP contribution < -0.4 is 11.5 Å². The minimum Gasteiger partial charge on any atom is -0.505 e. The second-order valence-electron chi connectivity index (χ2n) is 3.31. The third-order valence-corrected chi connectivity index (χ3v) is 2.23. The first kappa shape index (κ1) is 14.2. The molecule has 0 aliphatic carbocycles. The summed E-state index contributed by atoms with van der Waals surface area (Å²) in [4.78, 5) is 0. The Morgan fingerprint density at radius 1 is 1.47 bits per heavy atom. The zero-order valence-electron chi connectivity index (χ0n) is 8.53. The van der Waals surface area contributed by atoms with Crippen LogP contribution in [0, 0.1) is 12.7 Å². The molecule has 0 aromatic heterocycles. The van der Waals surface area contributed by atoms with E-state index in [9.17, 15) is 9.50 Å². The Kier molecular flexibility index (Phi) is 5.57. The van der Waals surface area contributed by atoms with Gasteiger partial charge in [-0.3, -0.25) is 0 Å². The highest BCUT2D eigenvalue weighted by molar-refractivity contribution is 5.85. The summed E-state index contributed by atoms with van der Waals surface area (Å²) in [6, 6.07) is 2.42. The summed E-state index contributed by atoms with van der Waals surface area (Å²) in [5, 5.41) is 9.48. The molecule has 0 fully saturated rings. The maximum atomic E-state index is 13.0. The van der Waals surface area contributed by atoms with Crippen molar-refractivity contribution in [2.24, 2.45) is 11.5 Å². The van der Waals surface area contributed by atoms with Crippen LogP contribution >= 0.6 is 12.4 Å². The van der Waals surface area contributed by atoms with Gasteiger partial charge in [-0.1, -0.05) is 6.07 Å². The van der Waals surface area contributed by atoms with Crippen molar-refractivity contribution in [3.63, 3.8) is 0 Å². The summed E-state index contributed by atoms with van der Waals surface area (Å²) in [7, 11) is 0. The molecule has 5 N–H and O–H groups in total. The van der Waals surface area contributed by atoms with Crippen LogP contribution in [0.3, 0.4) is 0 Å². The van der Waals surface area contributed by atoms with Crippen LogP contribution in [0.15, 0.2) is 12.1 Å². The number of phenols is 1. The first-order valence-electron chi connectivity index (χ1n) is 4.51. The molecule has 5 heteroatoms. The van der Waals surface area contributed by atoms with E-state index in [0.717, 1.165) is 5.56 Å². The van der Waals surface area contributed by atoms with E-state index < -0.39 is 11.9 Å². The summed E-state index contributed by atoms with van der Waals surface area (Å²) in [6.45, 7) is 2.20. The van der Waals surface area contributed by atoms with Gasteiger partial charge in [0.1, 0.15) is 0 Å². The maximum Gasteiger partial charge on any atom is 0.165 e. The third-order valence-electron chi connectivity index (χ3n) is 2.23. The highest BCUT2D eigenvalue weighted by atomic mass is 35.5. The molecule has 0 bridgehead atoms. The largest absolute Gasteiger partial charge is 0.505 e. The lowest BCUT2D eigenvalue weighted by Gasteiger charge is -2.15. The molecule has 0 heterocycles. The molecule has 0 spiro atoms. The molecular weight excluding hydrogens is 219 g/mol. The van der Waals surface area contributed by atoms with Crippen LogP contribution in [0.25, 0.3) is 0 Å². The van der Waals surface area contributed by atoms with Crippen molar-refractivity contribution >= 4 is 12.4 Å². The molecule has 86 valence electrons. The zero-order valence-corrected chi connectivity index (χ0v) is 9.35. The Hall–Kier alpha value is -0.840. The number of rotatable bonds is 3. The van der Waals surface area contributed by atoms with Crippen molar-refractivity contribution in [2.45, 2.75) is 19.4 Å². The van der Waals surface area contributed by atoms with Crippen molar-refractivity contribution in [3.8, 4) is 5.75 Å². The monoisotopic (exact) mass is 234 g/mol. The summed E-state index contributed by atoms with van der Waals surface area (Å²) in [5.74, 6) is -0.996. The van der Waals surface area contributed by atoms with Crippen molar-refractivity contribution in [3.05, 3.63) is 29.1 Å². The van der Waals surface area contributed by atoms with Crippen molar-refractivity contribution in [1.29, 1.82) is 0 Å². The topological polar surface area (TPSA) is 72.3 Å². The summed E-state index contributed by atoms with van der Waals surface area (Å²) in [5.41, 5.74) is 12.4. The first-order chi connectivity index (χ1) is 6.57. The molecule has 0 aliphatic rings. The predicted octanol–water partition coefficient (Wildman–Crippen LogP) is 1.61. The lowest BCUT2D eigenvalue weighted by molar-refractivity contribution is 0.418. The molecule has 1 aromatic rings. The third kappa shape index (κ3) is 3.06. The quantitative estimate of drug-likeness (QED) is 0.744. The molecule has 1 rings (SSSR count). The molecule has 0 saturated heterocycles. The van der Waals surface area contributed by atoms with Gasteiger partial charge in [0.25, 0.3) is 0 Å². The molecule has 0 amide bonds. The Bertz CT molecular complexity index is 333. The molecular formula is C10H16ClFN2O. The van der Waals surface area contributed by atoms with Crippen LogP contribution in [0.1, 0.15) is 23.6 Å². The highest BCUT2D eigenvalue weighted by Gasteiger charge is 2.16. The standard InChI is InChI=1S/C10H15FN2O.ClH/c1-6-2-3-7(11)10(14)9(6)8(13)4-5-12;/h2-3,8,14H,4-5,12-13H2,1H3;1H/t8-;/m0./s1. The Morgan fingerprint density at radius 3 is 2.60 bits per heavy atom. The minimum absolute atomic E-state index is 0. The summed E-state index contributed by atoms with van der Waals surface area (Å²) < 4.78 is 13.0. The Labute approximate surface area is 94.7 Å². The van der Waals surface area contributed by atoms with E-state index in [0.29, 0.717) is 18.5 Å². The van der Waals surface area contributed by atoms with Gasteiger partial charge in [-0.2, -0.15) is 0 Å². The molecule has 0 radical (unpaired) electrons. The van der Waals surface area contributed by atoms with Gasteiger partial charge in [0.15, 0.2) is 11.6 Å². The first-order valence-corrected chi connectivity index (χ1v) is 4.51. The summed E-state index contributed by atoms with van der Waals surface area (Å²) in [6.07, 6.45) is 0.526. The van der Waals surface area contributed by atoms with Gasteiger partial charge >= 0.3 is 0 Å². The maximum absolute atomic E-state index is 13.0. The lowest BCUT2D eigenvalue weighted by Crippen LogP contribution is -2.16. The fourth-order valence-electron chi connectivity index (χ4n) is 1.47. The lowest BCUT2D eigenvalue weighted by atomic mass is 9.98. The van der Waals surface area contributed by atoms with E-state index in [1.54, 1.807) is 13.0 Å². The SMILES string of the molecule is Cc1ccc(F)c(O)c1[C@@H](N)CCN.Cl. The van der Waals surface area contributed by atoms with E-state index in [2.05, 4.69) is 0 Å². The van der Waals surface area contributed by atoms with Crippen molar-refractivity contribution < 1.29 is 9.50 Å². The van der Waals surface area contributed by atoms with Gasteiger partial charge in [0.05, 0.1) is 0 Å². The van der Waals surface area contributed by atoms with Gasteiger partial charge in [0, 0.05) is 11.6 Å². The van der Waals surface area contributed by atoms with Crippen molar-refractivity contribution in [1.82, 2.24) is 0 Å². The van der Waals surface area contributed by atoms with Crippen LogP contribution in [0.5, 0.6) is 5.75 Å². The second kappa shape index (κ2) is 5.90. The average molecular weight is 235 g/mol. The number of hydrogen-bond acceptors (Lipinski definition) is 3. The molecule has 15 heavy (non-hydrogen) atoms. The number of aryl methyl sites for hydroxylation is 1. The predicted molar refractivity (Wildman–Crippen MR) is 60.6 cm³/mol. The van der Waals surface area contributed by atoms with Gasteiger partial charge in [0.2, 0.25) is 0 Å². The van der Waals surface area contributed by atoms with Crippen LogP contribution in [0.4, 0.5) is 4.39 Å². The summed E-state index contributed by atoms with van der Waals surface area (Å²) >= 11 is 0. The molecule has 0 saturated carbocycles. The van der Waals surface area contributed by atoms with E-state index in [-0.39, 0.29) is 18.2 Å². The number of phenolic OH excluding ortho intramolecular Hbond substituents is 1. The highest BCUT2D eigenvalue weighted by Crippen LogP contribution is 2.30. The van der Waals surface area contributed by atoms with Crippen LogP contribution in [0.2, 0.25) is 0 Å². The number of hydrogen-bond donors (Lipinski definition) is 3. The minimum atomic E-state index is -0.641. The van der Waals surface area contributed by atoms with E-state index in [1.165, 1.54) is 6.07 Å². The van der Waals surface area contributed by atoms with Gasteiger partial charge in [-0.25, -0.2) is 4.39 Å². The smallest absolute Gasteiger partial charge is 0.165 e. The molecule has 0 aliphatic heterocycles. The van der Waals surface area contributed by atoms with E-state index in [4.69, 9.17) is 11.5 Å². The number of halogens is 2. The van der Waals surface area contributed by atoms with E-state index in [1.807, 2.05) is 0 Å². The second-order valence-corrected chi connectivity index (χ2v) is 3.31. The number of benzene rings is 1. The Morgan fingerprint density at radius 2 is 2.07 bits per heavy atom. The van der Waals surface area contributed by atoms with Gasteiger partial charge in [-0.05, 0) is 31.5 Å². The fraction of sp³-hybridized carbons (Fsp3) is 0.400. The molecule has 1 aromatic carbocycles. The molecule has 1 atom stereocenters. The molecule has 3 nitrogen and oxygen atoms in total. The zero-order chi connectivity index (χ0) is 10.7. The van der Waals surface area contributed by atoms with Crippen molar-refractivity contribution in [2.75, 3.05) is 6.54 Å². The van der Waals surface area contributed by atoms with E-state index >= 15 is 0 Å². The average Bonchev–Trinajstić information content (AvgIpc) is 2.13. The molecule has 0 unspecified atom stereocenters. The van der Waals surface area contributed by atoms with Crippen LogP contribution in [-0.4, -0.2) is 11.7 Å². The van der Waals surface area contributed by atoms with Gasteiger partial charge in [-0.15, -0.1) is 12.4 Å². The number of nitrogens with two attached hydrogens (primary N) is 2. The Balaban J connectivity index is 0.00000196.